The van der Waals surface area contributed by atoms with E-state index in [1.54, 1.807) is 40.4 Å². The first-order valence-corrected chi connectivity index (χ1v) is 9.75. The van der Waals surface area contributed by atoms with Crippen molar-refractivity contribution in [1.29, 1.82) is 0 Å². The van der Waals surface area contributed by atoms with Crippen LogP contribution in [-0.4, -0.2) is 58.2 Å². The molecule has 146 valence electrons. The smallest absolute Gasteiger partial charge is 0.246 e. The van der Waals surface area contributed by atoms with Crippen LogP contribution >= 0.6 is 11.3 Å². The average Bonchev–Trinajstić information content (AvgIpc) is 3.44. The molecule has 0 radical (unpaired) electrons. The number of aliphatic imine (C=N–C) groups is 1. The number of hydrogen-bond acceptors (Lipinski definition) is 6. The zero-order valence-corrected chi connectivity index (χ0v) is 16.5. The lowest BCUT2D eigenvalue weighted by atomic mass is 10.3. The SMILES string of the molecule is CN=C(NCc1coc(-c2cccs2)n1)N1CCN(c2cnn(C)c2)C(=O)C1. The number of nitrogens with one attached hydrogen (secondary N) is 1. The van der Waals surface area contributed by atoms with Gasteiger partial charge in [0.1, 0.15) is 12.8 Å². The Bertz CT molecular complexity index is 976. The molecule has 1 N–H and O–H groups in total. The lowest BCUT2D eigenvalue weighted by Gasteiger charge is -2.35. The third-order valence-electron chi connectivity index (χ3n) is 4.45. The van der Waals surface area contributed by atoms with Gasteiger partial charge in [-0.2, -0.15) is 5.10 Å². The molecule has 4 rings (SSSR count). The van der Waals surface area contributed by atoms with E-state index in [4.69, 9.17) is 4.42 Å². The maximum absolute atomic E-state index is 12.6. The highest BCUT2D eigenvalue weighted by Gasteiger charge is 2.27. The van der Waals surface area contributed by atoms with E-state index < -0.39 is 0 Å². The van der Waals surface area contributed by atoms with E-state index in [0.717, 1.165) is 16.3 Å². The fraction of sp³-hybridized carbons (Fsp3) is 0.333. The second kappa shape index (κ2) is 7.85. The van der Waals surface area contributed by atoms with Gasteiger partial charge in [-0.05, 0) is 11.4 Å². The summed E-state index contributed by atoms with van der Waals surface area (Å²) in [5.41, 5.74) is 1.60. The Morgan fingerprint density at radius 1 is 1.43 bits per heavy atom. The molecular formula is C18H21N7O2S. The number of aryl methyl sites for hydroxylation is 1. The Labute approximate surface area is 166 Å². The van der Waals surface area contributed by atoms with Gasteiger partial charge in [-0.25, -0.2) is 4.98 Å². The predicted molar refractivity (Wildman–Crippen MR) is 107 cm³/mol. The molecule has 28 heavy (non-hydrogen) atoms. The maximum Gasteiger partial charge on any atom is 0.246 e. The largest absolute Gasteiger partial charge is 0.443 e. The van der Waals surface area contributed by atoms with E-state index in [1.807, 2.05) is 35.7 Å². The summed E-state index contributed by atoms with van der Waals surface area (Å²) in [6.07, 6.45) is 5.19. The lowest BCUT2D eigenvalue weighted by Crippen LogP contribution is -2.55. The molecular weight excluding hydrogens is 378 g/mol. The summed E-state index contributed by atoms with van der Waals surface area (Å²) in [6, 6.07) is 3.94. The molecule has 3 aromatic rings. The number of nitrogens with zero attached hydrogens (tertiary/aromatic N) is 6. The number of oxazole rings is 1. The number of carbonyl (C=O) groups excluding carboxylic acids is 1. The Morgan fingerprint density at radius 3 is 3.00 bits per heavy atom. The normalized spacial score (nSPS) is 15.4. The molecule has 3 aromatic heterocycles. The first kappa shape index (κ1) is 18.2. The van der Waals surface area contributed by atoms with Crippen LogP contribution in [-0.2, 0) is 18.4 Å². The van der Waals surface area contributed by atoms with E-state index in [-0.39, 0.29) is 12.5 Å². The number of carbonyl (C=O) groups is 1. The van der Waals surface area contributed by atoms with Crippen molar-refractivity contribution in [2.75, 3.05) is 31.6 Å². The molecule has 0 aliphatic carbocycles. The zero-order chi connectivity index (χ0) is 19.5. The molecule has 9 nitrogen and oxygen atoms in total. The molecule has 0 unspecified atom stereocenters. The average molecular weight is 399 g/mol. The summed E-state index contributed by atoms with van der Waals surface area (Å²) in [4.78, 5) is 26.1. The van der Waals surface area contributed by atoms with Crippen molar-refractivity contribution in [2.45, 2.75) is 6.54 Å². The van der Waals surface area contributed by atoms with Crippen LogP contribution in [0.4, 0.5) is 5.69 Å². The maximum atomic E-state index is 12.6. The third-order valence-corrected chi connectivity index (χ3v) is 5.30. The minimum absolute atomic E-state index is 0.0172. The summed E-state index contributed by atoms with van der Waals surface area (Å²) in [6.45, 7) is 1.99. The third kappa shape index (κ3) is 3.77. The zero-order valence-electron chi connectivity index (χ0n) is 15.7. The van der Waals surface area contributed by atoms with E-state index in [0.29, 0.717) is 31.5 Å². The quantitative estimate of drug-likeness (QED) is 0.529. The highest BCUT2D eigenvalue weighted by atomic mass is 32.1. The summed E-state index contributed by atoms with van der Waals surface area (Å²) < 4.78 is 7.23. The van der Waals surface area contributed by atoms with Crippen molar-refractivity contribution in [2.24, 2.45) is 12.0 Å². The lowest BCUT2D eigenvalue weighted by molar-refractivity contribution is -0.120. The van der Waals surface area contributed by atoms with Gasteiger partial charge < -0.3 is 19.5 Å². The summed E-state index contributed by atoms with van der Waals surface area (Å²) >= 11 is 1.58. The van der Waals surface area contributed by atoms with Crippen molar-refractivity contribution in [3.63, 3.8) is 0 Å². The minimum atomic E-state index is 0.0172. The van der Waals surface area contributed by atoms with Crippen LogP contribution in [0.25, 0.3) is 10.8 Å². The molecule has 1 aliphatic rings. The molecule has 0 saturated carbocycles. The van der Waals surface area contributed by atoms with Crippen LogP contribution < -0.4 is 10.2 Å². The number of rotatable bonds is 4. The van der Waals surface area contributed by atoms with Crippen molar-refractivity contribution < 1.29 is 9.21 Å². The Kier molecular flexibility index (Phi) is 5.11. The predicted octanol–water partition coefficient (Wildman–Crippen LogP) is 1.56. The van der Waals surface area contributed by atoms with Crippen LogP contribution in [0.2, 0.25) is 0 Å². The monoisotopic (exact) mass is 399 g/mol. The first-order chi connectivity index (χ1) is 13.6. The number of anilines is 1. The van der Waals surface area contributed by atoms with Gasteiger partial charge in [-0.15, -0.1) is 11.3 Å². The second-order valence-electron chi connectivity index (χ2n) is 6.36. The Hall–Kier alpha value is -3.14. The fourth-order valence-electron chi connectivity index (χ4n) is 3.08. The molecule has 0 spiro atoms. The van der Waals surface area contributed by atoms with Crippen LogP contribution in [0.5, 0.6) is 0 Å². The van der Waals surface area contributed by atoms with Crippen molar-refractivity contribution in [3.05, 3.63) is 41.9 Å². The van der Waals surface area contributed by atoms with Gasteiger partial charge in [0.25, 0.3) is 0 Å². The molecule has 0 bridgehead atoms. The van der Waals surface area contributed by atoms with Crippen LogP contribution in [0, 0.1) is 0 Å². The van der Waals surface area contributed by atoms with Gasteiger partial charge in [0.05, 0.1) is 29.0 Å². The molecule has 1 saturated heterocycles. The molecule has 1 aliphatic heterocycles. The van der Waals surface area contributed by atoms with Crippen LogP contribution in [0.1, 0.15) is 5.69 Å². The molecule has 4 heterocycles. The van der Waals surface area contributed by atoms with E-state index in [2.05, 4.69) is 20.4 Å². The number of hydrogen-bond donors (Lipinski definition) is 1. The van der Waals surface area contributed by atoms with Crippen LogP contribution in [0.3, 0.4) is 0 Å². The number of piperazine rings is 1. The van der Waals surface area contributed by atoms with Gasteiger partial charge in [0.15, 0.2) is 5.96 Å². The van der Waals surface area contributed by atoms with Gasteiger partial charge >= 0.3 is 0 Å². The molecule has 0 atom stereocenters. The van der Waals surface area contributed by atoms with Crippen molar-refractivity contribution in [1.82, 2.24) is 25.0 Å². The highest BCUT2D eigenvalue weighted by Crippen LogP contribution is 2.23. The van der Waals surface area contributed by atoms with Gasteiger partial charge in [0.2, 0.25) is 11.8 Å². The number of amides is 1. The minimum Gasteiger partial charge on any atom is -0.443 e. The topological polar surface area (TPSA) is 91.8 Å². The molecule has 0 aromatic carbocycles. The van der Waals surface area contributed by atoms with Crippen LogP contribution in [0.15, 0.2) is 45.6 Å². The fourth-order valence-corrected chi connectivity index (χ4v) is 3.73. The summed E-state index contributed by atoms with van der Waals surface area (Å²) in [5.74, 6) is 1.30. The van der Waals surface area contributed by atoms with E-state index in [9.17, 15) is 4.79 Å². The van der Waals surface area contributed by atoms with Gasteiger partial charge in [-0.1, -0.05) is 6.07 Å². The van der Waals surface area contributed by atoms with Crippen molar-refractivity contribution in [3.8, 4) is 10.8 Å². The Balaban J connectivity index is 1.35. The Morgan fingerprint density at radius 2 is 2.32 bits per heavy atom. The first-order valence-electron chi connectivity index (χ1n) is 8.87. The standard InChI is InChI=1S/C18H21N7O2S/c1-19-18(20-8-13-12-27-17(22-13)15-4-3-7-28-15)24-5-6-25(16(26)11-24)14-9-21-23(2)10-14/h3-4,7,9-10,12H,5-6,8,11H2,1-2H3,(H,19,20). The second-order valence-corrected chi connectivity index (χ2v) is 7.31. The summed E-state index contributed by atoms with van der Waals surface area (Å²) in [5, 5.41) is 9.39. The van der Waals surface area contributed by atoms with E-state index in [1.165, 1.54) is 0 Å². The number of thiophene rings is 1. The number of guanidine groups is 1. The van der Waals surface area contributed by atoms with Crippen molar-refractivity contribution >= 4 is 28.9 Å². The molecule has 1 amide bonds. The number of aromatic nitrogens is 3. The molecule has 10 heteroatoms. The highest BCUT2D eigenvalue weighted by molar-refractivity contribution is 7.13. The summed E-state index contributed by atoms with van der Waals surface area (Å²) in [7, 11) is 3.55. The van der Waals surface area contributed by atoms with Gasteiger partial charge in [0, 0.05) is 33.4 Å². The molecule has 1 fully saturated rings. The van der Waals surface area contributed by atoms with Gasteiger partial charge in [-0.3, -0.25) is 14.5 Å². The van der Waals surface area contributed by atoms with E-state index >= 15 is 0 Å².